The fourth-order valence-electron chi connectivity index (χ4n) is 3.96. The maximum Gasteiger partial charge on any atom is 0.232 e. The molecule has 0 aliphatic carbocycles. The van der Waals surface area contributed by atoms with Crippen molar-refractivity contribution in [3.63, 3.8) is 0 Å². The van der Waals surface area contributed by atoms with Crippen LogP contribution in [0.2, 0.25) is 0 Å². The molecule has 0 spiro atoms. The molecule has 27 heavy (non-hydrogen) atoms. The average Bonchev–Trinajstić information content (AvgIpc) is 2.98. The van der Waals surface area contributed by atoms with E-state index in [9.17, 15) is 9.59 Å². The first-order valence-corrected chi connectivity index (χ1v) is 11.5. The molecule has 3 rings (SSSR count). The molecule has 2 fully saturated rings. The zero-order valence-electron chi connectivity index (χ0n) is 16.5. The van der Waals surface area contributed by atoms with Crippen molar-refractivity contribution < 1.29 is 9.59 Å². The van der Waals surface area contributed by atoms with Crippen molar-refractivity contribution in [3.05, 3.63) is 35.4 Å². The van der Waals surface area contributed by atoms with E-state index < -0.39 is 0 Å². The van der Waals surface area contributed by atoms with Crippen LogP contribution in [0.4, 0.5) is 0 Å². The second kappa shape index (κ2) is 10.2. The third-order valence-corrected chi connectivity index (χ3v) is 6.72. The van der Waals surface area contributed by atoms with Crippen LogP contribution in [-0.2, 0) is 15.3 Å². The van der Waals surface area contributed by atoms with Gasteiger partial charge in [0.15, 0.2) is 0 Å². The SMILES string of the molecule is Cc1ccc(CSCC(=O)N2CCC(C(=O)N3CCCCCC3)CC2)cc1. The van der Waals surface area contributed by atoms with Crippen LogP contribution in [0, 0.1) is 12.8 Å². The van der Waals surface area contributed by atoms with Crippen LogP contribution in [0.15, 0.2) is 24.3 Å². The van der Waals surface area contributed by atoms with E-state index >= 15 is 0 Å². The summed E-state index contributed by atoms with van der Waals surface area (Å²) >= 11 is 1.68. The van der Waals surface area contributed by atoms with Crippen LogP contribution in [0.25, 0.3) is 0 Å². The number of rotatable bonds is 5. The summed E-state index contributed by atoms with van der Waals surface area (Å²) in [6, 6.07) is 8.49. The Bertz CT molecular complexity index is 616. The van der Waals surface area contributed by atoms with E-state index in [2.05, 4.69) is 36.1 Å². The Kier molecular flexibility index (Phi) is 7.62. The summed E-state index contributed by atoms with van der Waals surface area (Å²) in [4.78, 5) is 29.3. The second-order valence-corrected chi connectivity index (χ2v) is 8.86. The summed E-state index contributed by atoms with van der Waals surface area (Å²) in [6.45, 7) is 5.39. The van der Waals surface area contributed by atoms with Gasteiger partial charge in [-0.25, -0.2) is 0 Å². The minimum Gasteiger partial charge on any atom is -0.342 e. The molecule has 0 atom stereocenters. The summed E-state index contributed by atoms with van der Waals surface area (Å²) in [5.74, 6) is 2.06. The molecule has 4 nitrogen and oxygen atoms in total. The minimum absolute atomic E-state index is 0.118. The van der Waals surface area contributed by atoms with Crippen LogP contribution in [0.5, 0.6) is 0 Å². The Labute approximate surface area is 167 Å². The summed E-state index contributed by atoms with van der Waals surface area (Å²) in [5.41, 5.74) is 2.53. The van der Waals surface area contributed by atoms with Crippen LogP contribution in [-0.4, -0.2) is 53.5 Å². The number of carbonyl (C=O) groups is 2. The third kappa shape index (κ3) is 6.00. The van der Waals surface area contributed by atoms with E-state index in [0.29, 0.717) is 11.7 Å². The van der Waals surface area contributed by atoms with Crippen molar-refractivity contribution in [3.8, 4) is 0 Å². The van der Waals surface area contributed by atoms with Gasteiger partial charge < -0.3 is 9.80 Å². The molecule has 2 aliphatic rings. The highest BCUT2D eigenvalue weighted by Gasteiger charge is 2.30. The van der Waals surface area contributed by atoms with Crippen molar-refractivity contribution in [1.29, 1.82) is 0 Å². The van der Waals surface area contributed by atoms with Crippen molar-refractivity contribution in [2.45, 2.75) is 51.2 Å². The van der Waals surface area contributed by atoms with Gasteiger partial charge in [0.2, 0.25) is 11.8 Å². The summed E-state index contributed by atoms with van der Waals surface area (Å²) in [6.07, 6.45) is 6.42. The lowest BCUT2D eigenvalue weighted by molar-refractivity contribution is -0.139. The van der Waals surface area contributed by atoms with E-state index in [1.54, 1.807) is 11.8 Å². The molecule has 148 valence electrons. The Morgan fingerprint density at radius 3 is 2.19 bits per heavy atom. The van der Waals surface area contributed by atoms with Gasteiger partial charge in [-0.15, -0.1) is 11.8 Å². The molecule has 0 aromatic heterocycles. The Morgan fingerprint density at radius 1 is 0.926 bits per heavy atom. The highest BCUT2D eigenvalue weighted by atomic mass is 32.2. The van der Waals surface area contributed by atoms with Crippen LogP contribution in [0.3, 0.4) is 0 Å². The molecular formula is C22H32N2O2S. The van der Waals surface area contributed by atoms with Gasteiger partial charge in [0, 0.05) is 37.8 Å². The molecular weight excluding hydrogens is 356 g/mol. The second-order valence-electron chi connectivity index (χ2n) is 7.87. The highest BCUT2D eigenvalue weighted by molar-refractivity contribution is 7.99. The van der Waals surface area contributed by atoms with Crippen LogP contribution >= 0.6 is 11.8 Å². The van der Waals surface area contributed by atoms with Crippen LogP contribution < -0.4 is 0 Å². The number of aryl methyl sites for hydroxylation is 1. The van der Waals surface area contributed by atoms with Gasteiger partial charge in [0.05, 0.1) is 5.75 Å². The predicted molar refractivity (Wildman–Crippen MR) is 112 cm³/mol. The van der Waals surface area contributed by atoms with Gasteiger partial charge in [-0.2, -0.15) is 0 Å². The first-order valence-electron chi connectivity index (χ1n) is 10.3. The number of nitrogens with zero attached hydrogens (tertiary/aromatic N) is 2. The number of piperidine rings is 1. The lowest BCUT2D eigenvalue weighted by Gasteiger charge is -2.34. The molecule has 0 radical (unpaired) electrons. The molecule has 2 amide bonds. The zero-order valence-corrected chi connectivity index (χ0v) is 17.3. The molecule has 2 heterocycles. The summed E-state index contributed by atoms with van der Waals surface area (Å²) < 4.78 is 0. The number of amides is 2. The lowest BCUT2D eigenvalue weighted by atomic mass is 9.95. The first-order chi connectivity index (χ1) is 13.1. The molecule has 5 heteroatoms. The monoisotopic (exact) mass is 388 g/mol. The number of hydrogen-bond donors (Lipinski definition) is 0. The number of likely N-dealkylation sites (tertiary alicyclic amines) is 2. The van der Waals surface area contributed by atoms with Gasteiger partial charge in [0.1, 0.15) is 0 Å². The molecule has 1 aromatic carbocycles. The van der Waals surface area contributed by atoms with Crippen LogP contribution in [0.1, 0.15) is 49.7 Å². The van der Waals surface area contributed by atoms with Gasteiger partial charge in [-0.05, 0) is 38.2 Å². The van der Waals surface area contributed by atoms with Gasteiger partial charge >= 0.3 is 0 Å². The predicted octanol–water partition coefficient (Wildman–Crippen LogP) is 3.87. The van der Waals surface area contributed by atoms with Crippen molar-refractivity contribution in [2.24, 2.45) is 5.92 Å². The molecule has 2 saturated heterocycles. The number of thioether (sulfide) groups is 1. The molecule has 1 aromatic rings. The van der Waals surface area contributed by atoms with Crippen molar-refractivity contribution >= 4 is 23.6 Å². The smallest absolute Gasteiger partial charge is 0.232 e. The normalized spacial score (nSPS) is 19.0. The zero-order chi connectivity index (χ0) is 19.1. The van der Waals surface area contributed by atoms with Gasteiger partial charge in [-0.3, -0.25) is 9.59 Å². The summed E-state index contributed by atoms with van der Waals surface area (Å²) in [5, 5.41) is 0. The first kappa shape index (κ1) is 20.2. The molecule has 0 unspecified atom stereocenters. The average molecular weight is 389 g/mol. The standard InChI is InChI=1S/C22H32N2O2S/c1-18-6-8-19(9-7-18)16-27-17-21(25)23-14-10-20(11-15-23)22(26)24-12-4-2-3-5-13-24/h6-9,20H,2-5,10-17H2,1H3. The summed E-state index contributed by atoms with van der Waals surface area (Å²) in [7, 11) is 0. The van der Waals surface area contributed by atoms with Gasteiger partial charge in [-0.1, -0.05) is 42.7 Å². The maximum absolute atomic E-state index is 12.8. The Hall–Kier alpha value is -1.49. The molecule has 0 bridgehead atoms. The van der Waals surface area contributed by atoms with Gasteiger partial charge in [0.25, 0.3) is 0 Å². The fraction of sp³-hybridized carbons (Fsp3) is 0.636. The van der Waals surface area contributed by atoms with E-state index in [1.165, 1.54) is 24.0 Å². The third-order valence-electron chi connectivity index (χ3n) is 5.73. The van der Waals surface area contributed by atoms with E-state index in [1.807, 2.05) is 4.90 Å². The van der Waals surface area contributed by atoms with E-state index in [-0.39, 0.29) is 11.8 Å². The quantitative estimate of drug-likeness (QED) is 0.769. The number of hydrogen-bond acceptors (Lipinski definition) is 3. The topological polar surface area (TPSA) is 40.6 Å². The maximum atomic E-state index is 12.8. The number of carbonyl (C=O) groups excluding carboxylic acids is 2. The fourth-order valence-corrected chi connectivity index (χ4v) is 4.84. The molecule has 2 aliphatic heterocycles. The Balaban J connectivity index is 1.38. The molecule has 0 saturated carbocycles. The van der Waals surface area contributed by atoms with Crippen molar-refractivity contribution in [1.82, 2.24) is 9.80 Å². The largest absolute Gasteiger partial charge is 0.342 e. The minimum atomic E-state index is 0.118. The van der Waals surface area contributed by atoms with E-state index in [4.69, 9.17) is 0 Å². The number of benzene rings is 1. The Morgan fingerprint density at radius 2 is 1.56 bits per heavy atom. The lowest BCUT2D eigenvalue weighted by Crippen LogP contribution is -2.45. The molecule has 0 N–H and O–H groups in total. The van der Waals surface area contributed by atoms with Crippen molar-refractivity contribution in [2.75, 3.05) is 31.9 Å². The van der Waals surface area contributed by atoms with E-state index in [0.717, 1.165) is 57.6 Å². The highest BCUT2D eigenvalue weighted by Crippen LogP contribution is 2.23.